The first kappa shape index (κ1) is 11.2. The van der Waals surface area contributed by atoms with Crippen LogP contribution in [0.5, 0.6) is 11.5 Å². The third kappa shape index (κ3) is 2.09. The number of carbonyl (C=O) groups is 1. The van der Waals surface area contributed by atoms with Gasteiger partial charge in [0.2, 0.25) is 16.3 Å². The lowest BCUT2D eigenvalue weighted by molar-refractivity contribution is 0.102. The summed E-state index contributed by atoms with van der Waals surface area (Å²) in [4.78, 5) is 11.8. The van der Waals surface area contributed by atoms with Gasteiger partial charge in [-0.05, 0) is 23.7 Å². The van der Waals surface area contributed by atoms with Crippen LogP contribution in [0.25, 0.3) is 0 Å². The van der Waals surface area contributed by atoms with Crippen molar-refractivity contribution in [1.82, 2.24) is 10.2 Å². The van der Waals surface area contributed by atoms with Gasteiger partial charge in [-0.15, -0.1) is 10.2 Å². The van der Waals surface area contributed by atoms with Gasteiger partial charge >= 0.3 is 0 Å². The molecule has 1 amide bonds. The Labute approximate surface area is 111 Å². The van der Waals surface area contributed by atoms with E-state index in [0.29, 0.717) is 17.2 Å². The predicted molar refractivity (Wildman–Crippen MR) is 65.4 cm³/mol. The lowest BCUT2D eigenvalue weighted by Crippen LogP contribution is -2.11. The van der Waals surface area contributed by atoms with E-state index in [1.165, 1.54) is 0 Å². The van der Waals surface area contributed by atoms with Crippen molar-refractivity contribution in [3.05, 3.63) is 27.7 Å². The van der Waals surface area contributed by atoms with Crippen LogP contribution < -0.4 is 14.8 Å². The highest BCUT2D eigenvalue weighted by molar-refractivity contribution is 7.17. The molecule has 0 aliphatic carbocycles. The van der Waals surface area contributed by atoms with E-state index in [2.05, 4.69) is 15.5 Å². The standard InChI is InChI=1S/C10H6ClN3O3S/c11-10-14-13-9(18-10)8(15)12-5-1-2-6-7(3-5)17-4-16-6/h1-3H,4H2,(H,12,15). The van der Waals surface area contributed by atoms with Crippen LogP contribution in [0, 0.1) is 0 Å². The largest absolute Gasteiger partial charge is 0.454 e. The first-order valence-corrected chi connectivity index (χ1v) is 6.12. The van der Waals surface area contributed by atoms with Gasteiger partial charge in [0, 0.05) is 11.8 Å². The van der Waals surface area contributed by atoms with Crippen LogP contribution in [0.2, 0.25) is 4.47 Å². The highest BCUT2D eigenvalue weighted by atomic mass is 35.5. The Morgan fingerprint density at radius 3 is 2.94 bits per heavy atom. The molecule has 8 heteroatoms. The maximum Gasteiger partial charge on any atom is 0.286 e. The molecule has 2 aromatic rings. The van der Waals surface area contributed by atoms with Crippen molar-refractivity contribution < 1.29 is 14.3 Å². The fourth-order valence-corrected chi connectivity index (χ4v) is 2.18. The van der Waals surface area contributed by atoms with Gasteiger partial charge in [-0.3, -0.25) is 4.79 Å². The zero-order valence-electron chi connectivity index (χ0n) is 8.84. The van der Waals surface area contributed by atoms with Gasteiger partial charge in [0.25, 0.3) is 5.91 Å². The molecule has 1 N–H and O–H groups in total. The van der Waals surface area contributed by atoms with Gasteiger partial charge in [-0.25, -0.2) is 0 Å². The van der Waals surface area contributed by atoms with Crippen molar-refractivity contribution >= 4 is 34.5 Å². The molecular weight excluding hydrogens is 278 g/mol. The number of nitrogens with zero attached hydrogens (tertiary/aromatic N) is 2. The van der Waals surface area contributed by atoms with Gasteiger partial charge in [-0.1, -0.05) is 11.3 Å². The van der Waals surface area contributed by atoms with Crippen LogP contribution in [0.1, 0.15) is 9.80 Å². The summed E-state index contributed by atoms with van der Waals surface area (Å²) in [6.07, 6.45) is 0. The monoisotopic (exact) mass is 283 g/mol. The van der Waals surface area contributed by atoms with E-state index in [4.69, 9.17) is 21.1 Å². The van der Waals surface area contributed by atoms with Crippen LogP contribution in [0.3, 0.4) is 0 Å². The lowest BCUT2D eigenvalue weighted by atomic mass is 10.3. The number of benzene rings is 1. The Hall–Kier alpha value is -1.86. The molecule has 18 heavy (non-hydrogen) atoms. The maximum atomic E-state index is 11.8. The van der Waals surface area contributed by atoms with Crippen LogP contribution >= 0.6 is 22.9 Å². The zero-order valence-corrected chi connectivity index (χ0v) is 10.4. The predicted octanol–water partition coefficient (Wildman–Crippen LogP) is 2.17. The summed E-state index contributed by atoms with van der Waals surface area (Å²) in [6, 6.07) is 5.13. The molecule has 0 atom stereocenters. The fourth-order valence-electron chi connectivity index (χ4n) is 1.46. The molecule has 92 valence electrons. The number of hydrogen-bond donors (Lipinski definition) is 1. The molecule has 0 bridgehead atoms. The summed E-state index contributed by atoms with van der Waals surface area (Å²) in [5.41, 5.74) is 0.593. The molecular formula is C10H6ClN3O3S. The average Bonchev–Trinajstić information content (AvgIpc) is 2.96. The summed E-state index contributed by atoms with van der Waals surface area (Å²) in [7, 11) is 0. The number of fused-ring (bicyclic) bond motifs is 1. The van der Waals surface area contributed by atoms with E-state index < -0.39 is 0 Å². The molecule has 0 radical (unpaired) electrons. The molecule has 3 rings (SSSR count). The molecule has 1 aliphatic heterocycles. The molecule has 0 fully saturated rings. The number of amides is 1. The van der Waals surface area contributed by atoms with Crippen molar-refractivity contribution in [3.8, 4) is 11.5 Å². The number of aromatic nitrogens is 2. The molecule has 2 heterocycles. The topological polar surface area (TPSA) is 73.3 Å². The number of rotatable bonds is 2. The van der Waals surface area contributed by atoms with Crippen molar-refractivity contribution in [2.24, 2.45) is 0 Å². The molecule has 1 aromatic heterocycles. The fraction of sp³-hybridized carbons (Fsp3) is 0.100. The van der Waals surface area contributed by atoms with Gasteiger partial charge in [0.05, 0.1) is 0 Å². The van der Waals surface area contributed by atoms with Crippen LogP contribution in [0.15, 0.2) is 18.2 Å². The quantitative estimate of drug-likeness (QED) is 0.914. The van der Waals surface area contributed by atoms with Crippen molar-refractivity contribution in [1.29, 1.82) is 0 Å². The highest BCUT2D eigenvalue weighted by Gasteiger charge is 2.16. The van der Waals surface area contributed by atoms with Gasteiger partial charge in [-0.2, -0.15) is 0 Å². The number of ether oxygens (including phenoxy) is 2. The average molecular weight is 284 g/mol. The number of carbonyl (C=O) groups excluding carboxylic acids is 1. The lowest BCUT2D eigenvalue weighted by Gasteiger charge is -2.03. The van der Waals surface area contributed by atoms with Gasteiger partial charge in [0.1, 0.15) is 0 Å². The highest BCUT2D eigenvalue weighted by Crippen LogP contribution is 2.34. The molecule has 0 unspecified atom stereocenters. The number of nitrogens with one attached hydrogen (secondary N) is 1. The Morgan fingerprint density at radius 2 is 2.17 bits per heavy atom. The summed E-state index contributed by atoms with van der Waals surface area (Å²) < 4.78 is 10.6. The Morgan fingerprint density at radius 1 is 1.33 bits per heavy atom. The zero-order chi connectivity index (χ0) is 12.5. The first-order chi connectivity index (χ1) is 8.72. The number of halogens is 1. The second-order valence-electron chi connectivity index (χ2n) is 3.38. The molecule has 0 saturated carbocycles. The second kappa shape index (κ2) is 4.43. The first-order valence-electron chi connectivity index (χ1n) is 4.92. The van der Waals surface area contributed by atoms with Crippen molar-refractivity contribution in [2.45, 2.75) is 0 Å². The molecule has 1 aromatic carbocycles. The van der Waals surface area contributed by atoms with E-state index in [9.17, 15) is 4.79 Å². The maximum absolute atomic E-state index is 11.8. The normalized spacial score (nSPS) is 12.5. The summed E-state index contributed by atoms with van der Waals surface area (Å²) in [5, 5.41) is 10.1. The smallest absolute Gasteiger partial charge is 0.286 e. The van der Waals surface area contributed by atoms with Crippen LogP contribution in [0.4, 0.5) is 5.69 Å². The third-order valence-electron chi connectivity index (χ3n) is 2.23. The summed E-state index contributed by atoms with van der Waals surface area (Å²) in [6.45, 7) is 0.193. The summed E-state index contributed by atoms with van der Waals surface area (Å²) >= 11 is 6.63. The molecule has 6 nitrogen and oxygen atoms in total. The minimum Gasteiger partial charge on any atom is -0.454 e. The van der Waals surface area contributed by atoms with Gasteiger partial charge < -0.3 is 14.8 Å². The number of anilines is 1. The van der Waals surface area contributed by atoms with E-state index >= 15 is 0 Å². The molecule has 0 spiro atoms. The Balaban J connectivity index is 1.78. The Bertz CT molecular complexity index is 616. The molecule has 0 saturated heterocycles. The second-order valence-corrected chi connectivity index (χ2v) is 4.94. The van der Waals surface area contributed by atoms with Crippen LogP contribution in [-0.4, -0.2) is 22.9 Å². The minimum absolute atomic E-state index is 0.193. The van der Waals surface area contributed by atoms with Crippen LogP contribution in [-0.2, 0) is 0 Å². The van der Waals surface area contributed by atoms with E-state index in [-0.39, 0.29) is 22.2 Å². The Kier molecular flexibility index (Phi) is 2.77. The van der Waals surface area contributed by atoms with Crippen molar-refractivity contribution in [2.75, 3.05) is 12.1 Å². The molecule has 1 aliphatic rings. The summed E-state index contributed by atoms with van der Waals surface area (Å²) in [5.74, 6) is 0.897. The minimum atomic E-state index is -0.363. The van der Waals surface area contributed by atoms with Crippen molar-refractivity contribution in [3.63, 3.8) is 0 Å². The third-order valence-corrected chi connectivity index (χ3v) is 3.24. The van der Waals surface area contributed by atoms with E-state index in [1.807, 2.05) is 0 Å². The van der Waals surface area contributed by atoms with E-state index in [0.717, 1.165) is 11.3 Å². The SMILES string of the molecule is O=C(Nc1ccc2c(c1)OCO2)c1nnc(Cl)s1. The van der Waals surface area contributed by atoms with Gasteiger partial charge in [0.15, 0.2) is 11.5 Å². The van der Waals surface area contributed by atoms with E-state index in [1.54, 1.807) is 18.2 Å². The number of hydrogen-bond acceptors (Lipinski definition) is 6.